The van der Waals surface area contributed by atoms with Crippen LogP contribution in [0.2, 0.25) is 0 Å². The van der Waals surface area contributed by atoms with Crippen LogP contribution < -0.4 is 0 Å². The molecule has 0 aromatic heterocycles. The second-order valence-electron chi connectivity index (χ2n) is 4.46. The Balaban J connectivity index is 1.91. The molecule has 0 spiro atoms. The van der Waals surface area contributed by atoms with Gasteiger partial charge in [0.1, 0.15) is 6.61 Å². The summed E-state index contributed by atoms with van der Waals surface area (Å²) < 4.78 is 5.11. The van der Waals surface area contributed by atoms with E-state index in [-0.39, 0.29) is 18.4 Å². The molecular weight excluding hydrogens is 204 g/mol. The van der Waals surface area contributed by atoms with Crippen LogP contribution in [0, 0.1) is 11.8 Å². The number of ether oxygens (including phenoxy) is 1. The molecule has 0 bridgehead atoms. The number of esters is 1. The highest BCUT2D eigenvalue weighted by atomic mass is 16.6. The number of hydrogen-bond acceptors (Lipinski definition) is 3. The van der Waals surface area contributed by atoms with E-state index in [1.807, 2.05) is 44.2 Å². The fraction of sp³-hybridized carbons (Fsp3) is 0.462. The molecule has 2 unspecified atom stereocenters. The summed E-state index contributed by atoms with van der Waals surface area (Å²) in [5.41, 5.74) is -0.324. The molecule has 1 N–H and O–H groups in total. The van der Waals surface area contributed by atoms with Crippen molar-refractivity contribution in [2.75, 3.05) is 0 Å². The van der Waals surface area contributed by atoms with Gasteiger partial charge in [-0.15, -0.1) is 0 Å². The van der Waals surface area contributed by atoms with E-state index in [4.69, 9.17) is 4.74 Å². The Kier molecular flexibility index (Phi) is 2.72. The van der Waals surface area contributed by atoms with Crippen molar-refractivity contribution in [3.8, 4) is 0 Å². The Hall–Kier alpha value is -1.35. The van der Waals surface area contributed by atoms with Gasteiger partial charge in [0.25, 0.3) is 0 Å². The first-order valence-electron chi connectivity index (χ1n) is 5.50. The summed E-state index contributed by atoms with van der Waals surface area (Å²) in [6.07, 6.45) is 0. The molecule has 0 heterocycles. The molecule has 3 nitrogen and oxygen atoms in total. The lowest BCUT2D eigenvalue weighted by molar-refractivity contribution is -0.159. The van der Waals surface area contributed by atoms with Crippen molar-refractivity contribution < 1.29 is 14.6 Å². The first-order valence-corrected chi connectivity index (χ1v) is 5.50. The maximum absolute atomic E-state index is 11.6. The van der Waals surface area contributed by atoms with Crippen molar-refractivity contribution in [1.29, 1.82) is 0 Å². The lowest BCUT2D eigenvalue weighted by atomic mass is 10.2. The van der Waals surface area contributed by atoms with E-state index in [0.717, 1.165) is 5.56 Å². The van der Waals surface area contributed by atoms with Gasteiger partial charge in [0.2, 0.25) is 0 Å². The third-order valence-corrected chi connectivity index (χ3v) is 3.57. The third kappa shape index (κ3) is 1.71. The fourth-order valence-corrected chi connectivity index (χ4v) is 1.96. The van der Waals surface area contributed by atoms with Gasteiger partial charge in [-0.2, -0.15) is 0 Å². The van der Waals surface area contributed by atoms with E-state index in [2.05, 4.69) is 0 Å². The van der Waals surface area contributed by atoms with Crippen LogP contribution in [-0.4, -0.2) is 16.7 Å². The molecule has 3 atom stereocenters. The van der Waals surface area contributed by atoms with Gasteiger partial charge in [-0.05, 0) is 5.56 Å². The molecule has 1 aliphatic rings. The lowest BCUT2D eigenvalue weighted by Gasteiger charge is -2.10. The van der Waals surface area contributed by atoms with Gasteiger partial charge in [0.05, 0.1) is 0 Å². The van der Waals surface area contributed by atoms with Gasteiger partial charge in [-0.3, -0.25) is 0 Å². The minimum Gasteiger partial charge on any atom is -0.459 e. The molecule has 1 aromatic carbocycles. The van der Waals surface area contributed by atoms with Crippen LogP contribution in [0.5, 0.6) is 0 Å². The topological polar surface area (TPSA) is 46.5 Å². The van der Waals surface area contributed by atoms with Crippen LogP contribution in [0.4, 0.5) is 0 Å². The molecular formula is C13H16O3. The minimum absolute atomic E-state index is 0.00391. The van der Waals surface area contributed by atoms with Crippen molar-refractivity contribution in [2.45, 2.75) is 26.1 Å². The second-order valence-corrected chi connectivity index (χ2v) is 4.46. The Labute approximate surface area is 95.0 Å². The summed E-state index contributed by atoms with van der Waals surface area (Å²) in [6, 6.07) is 9.46. The molecule has 3 heteroatoms. The lowest BCUT2D eigenvalue weighted by Crippen LogP contribution is -2.28. The smallest absolute Gasteiger partial charge is 0.339 e. The van der Waals surface area contributed by atoms with Crippen LogP contribution >= 0.6 is 0 Å². The largest absolute Gasteiger partial charge is 0.459 e. The highest BCUT2D eigenvalue weighted by Gasteiger charge is 2.65. The van der Waals surface area contributed by atoms with Gasteiger partial charge in [-0.1, -0.05) is 44.2 Å². The number of rotatable bonds is 3. The van der Waals surface area contributed by atoms with Gasteiger partial charge in [0, 0.05) is 11.8 Å². The van der Waals surface area contributed by atoms with Gasteiger partial charge < -0.3 is 9.84 Å². The predicted octanol–water partition coefficient (Wildman–Crippen LogP) is 1.75. The van der Waals surface area contributed by atoms with Crippen molar-refractivity contribution in [2.24, 2.45) is 11.8 Å². The Morgan fingerprint density at radius 3 is 2.38 bits per heavy atom. The van der Waals surface area contributed by atoms with Crippen LogP contribution in [0.3, 0.4) is 0 Å². The van der Waals surface area contributed by atoms with Gasteiger partial charge in [-0.25, -0.2) is 4.79 Å². The third-order valence-electron chi connectivity index (χ3n) is 3.57. The molecule has 86 valence electrons. The quantitative estimate of drug-likeness (QED) is 0.789. The summed E-state index contributed by atoms with van der Waals surface area (Å²) in [5, 5.41) is 9.94. The first kappa shape index (κ1) is 11.1. The van der Waals surface area contributed by atoms with Crippen molar-refractivity contribution in [3.63, 3.8) is 0 Å². The number of carbonyl (C=O) groups is 1. The average molecular weight is 220 g/mol. The van der Waals surface area contributed by atoms with Crippen molar-refractivity contribution in [3.05, 3.63) is 35.9 Å². The average Bonchev–Trinajstić information content (AvgIpc) is 2.80. The van der Waals surface area contributed by atoms with E-state index in [1.165, 1.54) is 0 Å². The van der Waals surface area contributed by atoms with E-state index < -0.39 is 11.6 Å². The second kappa shape index (κ2) is 3.91. The summed E-state index contributed by atoms with van der Waals surface area (Å²) in [4.78, 5) is 11.6. The van der Waals surface area contributed by atoms with E-state index in [0.29, 0.717) is 0 Å². The summed E-state index contributed by atoms with van der Waals surface area (Å²) in [6.45, 7) is 3.93. The number of benzene rings is 1. The molecule has 0 radical (unpaired) electrons. The Morgan fingerprint density at radius 1 is 1.31 bits per heavy atom. The summed E-state index contributed by atoms with van der Waals surface area (Å²) in [5.74, 6) is -0.511. The monoisotopic (exact) mass is 220 g/mol. The Bertz CT molecular complexity index is 377. The van der Waals surface area contributed by atoms with Crippen molar-refractivity contribution in [1.82, 2.24) is 0 Å². The van der Waals surface area contributed by atoms with E-state index in [9.17, 15) is 9.90 Å². The minimum atomic E-state index is -1.26. The molecule has 1 fully saturated rings. The molecule has 1 aliphatic carbocycles. The molecule has 16 heavy (non-hydrogen) atoms. The Morgan fingerprint density at radius 2 is 1.88 bits per heavy atom. The highest BCUT2D eigenvalue weighted by molar-refractivity contribution is 5.84. The zero-order valence-corrected chi connectivity index (χ0v) is 9.51. The van der Waals surface area contributed by atoms with Crippen LogP contribution in [0.15, 0.2) is 30.3 Å². The van der Waals surface area contributed by atoms with E-state index >= 15 is 0 Å². The maximum atomic E-state index is 11.6. The predicted molar refractivity (Wildman–Crippen MR) is 59.5 cm³/mol. The molecule has 1 aromatic rings. The SMILES string of the molecule is CC1[C@@H](C)C1(O)C(=O)OCc1ccccc1. The maximum Gasteiger partial charge on any atom is 0.339 e. The highest BCUT2D eigenvalue weighted by Crippen LogP contribution is 2.50. The van der Waals surface area contributed by atoms with Crippen molar-refractivity contribution >= 4 is 5.97 Å². The van der Waals surface area contributed by atoms with Crippen LogP contribution in [0.25, 0.3) is 0 Å². The first-order chi connectivity index (χ1) is 7.56. The zero-order chi connectivity index (χ0) is 11.8. The fourth-order valence-electron chi connectivity index (χ4n) is 1.96. The van der Waals surface area contributed by atoms with Gasteiger partial charge in [0.15, 0.2) is 5.60 Å². The molecule has 2 rings (SSSR count). The zero-order valence-electron chi connectivity index (χ0n) is 9.51. The van der Waals surface area contributed by atoms with Crippen LogP contribution in [-0.2, 0) is 16.1 Å². The standard InChI is InChI=1S/C13H16O3/c1-9-10(2)13(9,15)12(14)16-8-11-6-4-3-5-7-11/h3-7,9-10,15H,8H2,1-2H3/t9-,10?,13?/m1/s1. The van der Waals surface area contributed by atoms with Gasteiger partial charge >= 0.3 is 5.97 Å². The number of carbonyl (C=O) groups excluding carboxylic acids is 1. The normalized spacial score (nSPS) is 32.2. The molecule has 0 saturated heterocycles. The number of hydrogen-bond donors (Lipinski definition) is 1. The molecule has 1 saturated carbocycles. The van der Waals surface area contributed by atoms with E-state index in [1.54, 1.807) is 0 Å². The summed E-state index contributed by atoms with van der Waals surface area (Å²) in [7, 11) is 0. The van der Waals surface area contributed by atoms with Crippen LogP contribution in [0.1, 0.15) is 19.4 Å². The summed E-state index contributed by atoms with van der Waals surface area (Å²) >= 11 is 0. The number of aliphatic hydroxyl groups is 1. The molecule has 0 aliphatic heterocycles. The molecule has 0 amide bonds.